The molecule has 1 heterocycles. The zero-order valence-corrected chi connectivity index (χ0v) is 11.8. The summed E-state index contributed by atoms with van der Waals surface area (Å²) in [6.45, 7) is 4.71. The predicted molar refractivity (Wildman–Crippen MR) is 77.5 cm³/mol. The third kappa shape index (κ3) is 3.24. The normalized spacial score (nSPS) is 13.1. The molecule has 19 heavy (non-hydrogen) atoms. The SMILES string of the molecule is CCCC(C)N(C)CC(=O)c1cc2ccccc2o1. The van der Waals surface area contributed by atoms with Crippen LogP contribution in [0.2, 0.25) is 0 Å². The number of Topliss-reactive ketones (excluding diaryl/α,β-unsaturated/α-hetero) is 1. The lowest BCUT2D eigenvalue weighted by atomic mass is 10.1. The Labute approximate surface area is 114 Å². The Balaban J connectivity index is 2.07. The molecular formula is C16H21NO2. The van der Waals surface area contributed by atoms with E-state index in [4.69, 9.17) is 4.42 Å². The third-order valence-corrected chi connectivity index (χ3v) is 3.55. The molecule has 3 heteroatoms. The molecular weight excluding hydrogens is 238 g/mol. The smallest absolute Gasteiger partial charge is 0.211 e. The maximum absolute atomic E-state index is 12.2. The molecule has 0 radical (unpaired) electrons. The maximum atomic E-state index is 12.2. The highest BCUT2D eigenvalue weighted by Crippen LogP contribution is 2.19. The molecule has 0 fully saturated rings. The molecule has 2 rings (SSSR count). The lowest BCUT2D eigenvalue weighted by molar-refractivity contribution is 0.0896. The van der Waals surface area contributed by atoms with Crippen LogP contribution in [0.1, 0.15) is 37.2 Å². The number of hydrogen-bond donors (Lipinski definition) is 0. The van der Waals surface area contributed by atoms with Gasteiger partial charge in [0.1, 0.15) is 5.58 Å². The van der Waals surface area contributed by atoms with Crippen molar-refractivity contribution in [2.24, 2.45) is 0 Å². The van der Waals surface area contributed by atoms with Crippen molar-refractivity contribution in [1.82, 2.24) is 4.90 Å². The lowest BCUT2D eigenvalue weighted by Crippen LogP contribution is -2.33. The molecule has 0 saturated heterocycles. The van der Waals surface area contributed by atoms with Crippen LogP contribution in [-0.4, -0.2) is 30.3 Å². The zero-order chi connectivity index (χ0) is 13.8. The molecule has 2 aromatic rings. The standard InChI is InChI=1S/C16H21NO2/c1-4-7-12(2)17(3)11-14(18)16-10-13-8-5-6-9-15(13)19-16/h5-6,8-10,12H,4,7,11H2,1-3H3. The number of fused-ring (bicyclic) bond motifs is 1. The summed E-state index contributed by atoms with van der Waals surface area (Å²) in [6.07, 6.45) is 2.23. The van der Waals surface area contributed by atoms with E-state index in [1.165, 1.54) is 0 Å². The van der Waals surface area contributed by atoms with Crippen molar-refractivity contribution in [1.29, 1.82) is 0 Å². The summed E-state index contributed by atoms with van der Waals surface area (Å²) in [5.41, 5.74) is 0.773. The lowest BCUT2D eigenvalue weighted by Gasteiger charge is -2.22. The van der Waals surface area contributed by atoms with Crippen LogP contribution >= 0.6 is 0 Å². The van der Waals surface area contributed by atoms with Gasteiger partial charge < -0.3 is 4.42 Å². The van der Waals surface area contributed by atoms with E-state index < -0.39 is 0 Å². The first-order chi connectivity index (χ1) is 9.11. The molecule has 1 aromatic heterocycles. The van der Waals surface area contributed by atoms with Gasteiger partial charge in [0.25, 0.3) is 0 Å². The molecule has 1 aromatic carbocycles. The largest absolute Gasteiger partial charge is 0.453 e. The molecule has 0 saturated carbocycles. The van der Waals surface area contributed by atoms with Gasteiger partial charge >= 0.3 is 0 Å². The Bertz CT molecular complexity index is 526. The highest BCUT2D eigenvalue weighted by atomic mass is 16.3. The van der Waals surface area contributed by atoms with Crippen molar-refractivity contribution >= 4 is 16.8 Å². The fraction of sp³-hybridized carbons (Fsp3) is 0.438. The van der Waals surface area contributed by atoms with E-state index >= 15 is 0 Å². The highest BCUT2D eigenvalue weighted by molar-refractivity contribution is 5.98. The van der Waals surface area contributed by atoms with Gasteiger partial charge in [0.15, 0.2) is 5.76 Å². The molecule has 0 aliphatic rings. The van der Waals surface area contributed by atoms with Crippen LogP contribution in [0.4, 0.5) is 0 Å². The van der Waals surface area contributed by atoms with E-state index in [0.717, 1.165) is 23.8 Å². The van der Waals surface area contributed by atoms with Crippen molar-refractivity contribution in [2.75, 3.05) is 13.6 Å². The fourth-order valence-electron chi connectivity index (χ4n) is 2.22. The fourth-order valence-corrected chi connectivity index (χ4v) is 2.22. The second-order valence-electron chi connectivity index (χ2n) is 5.12. The third-order valence-electron chi connectivity index (χ3n) is 3.55. The first-order valence-corrected chi connectivity index (χ1v) is 6.83. The molecule has 0 aliphatic heterocycles. The van der Waals surface area contributed by atoms with Gasteiger partial charge in [-0.05, 0) is 32.5 Å². The summed E-state index contributed by atoms with van der Waals surface area (Å²) < 4.78 is 5.59. The van der Waals surface area contributed by atoms with Gasteiger partial charge in [-0.25, -0.2) is 0 Å². The molecule has 3 nitrogen and oxygen atoms in total. The van der Waals surface area contributed by atoms with Gasteiger partial charge in [0.2, 0.25) is 5.78 Å². The van der Waals surface area contributed by atoms with Crippen LogP contribution in [0.15, 0.2) is 34.7 Å². The summed E-state index contributed by atoms with van der Waals surface area (Å²) in [5, 5.41) is 0.982. The van der Waals surface area contributed by atoms with Crippen molar-refractivity contribution in [3.63, 3.8) is 0 Å². The van der Waals surface area contributed by atoms with E-state index in [1.807, 2.05) is 37.4 Å². The summed E-state index contributed by atoms with van der Waals surface area (Å²) >= 11 is 0. The average Bonchev–Trinajstić information content (AvgIpc) is 2.82. The number of hydrogen-bond acceptors (Lipinski definition) is 3. The van der Waals surface area contributed by atoms with Crippen LogP contribution in [-0.2, 0) is 0 Å². The number of nitrogens with zero attached hydrogens (tertiary/aromatic N) is 1. The molecule has 0 spiro atoms. The Kier molecular flexibility index (Phi) is 4.38. The van der Waals surface area contributed by atoms with E-state index in [9.17, 15) is 4.79 Å². The van der Waals surface area contributed by atoms with Crippen LogP contribution in [0.25, 0.3) is 11.0 Å². The monoisotopic (exact) mass is 259 g/mol. The Morgan fingerprint density at radius 2 is 2.11 bits per heavy atom. The van der Waals surface area contributed by atoms with Crippen LogP contribution in [0.5, 0.6) is 0 Å². The van der Waals surface area contributed by atoms with Crippen molar-refractivity contribution in [3.05, 3.63) is 36.1 Å². The number of rotatable bonds is 6. The number of carbonyl (C=O) groups is 1. The van der Waals surface area contributed by atoms with Gasteiger partial charge in [0, 0.05) is 11.4 Å². The minimum Gasteiger partial charge on any atom is -0.453 e. The number of carbonyl (C=O) groups excluding carboxylic acids is 1. The number of para-hydroxylation sites is 1. The first kappa shape index (κ1) is 13.8. The van der Waals surface area contributed by atoms with E-state index in [2.05, 4.69) is 18.7 Å². The number of likely N-dealkylation sites (N-methyl/N-ethyl adjacent to an activating group) is 1. The van der Waals surface area contributed by atoms with Crippen molar-refractivity contribution < 1.29 is 9.21 Å². The summed E-state index contributed by atoms with van der Waals surface area (Å²) in [5.74, 6) is 0.499. The Morgan fingerprint density at radius 1 is 1.37 bits per heavy atom. The summed E-state index contributed by atoms with van der Waals surface area (Å²) in [4.78, 5) is 14.3. The van der Waals surface area contributed by atoms with E-state index in [1.54, 1.807) is 0 Å². The van der Waals surface area contributed by atoms with Crippen LogP contribution < -0.4 is 0 Å². The molecule has 0 bridgehead atoms. The average molecular weight is 259 g/mol. The zero-order valence-electron chi connectivity index (χ0n) is 11.8. The minimum absolute atomic E-state index is 0.0432. The Morgan fingerprint density at radius 3 is 2.79 bits per heavy atom. The van der Waals surface area contributed by atoms with Gasteiger partial charge in [0.05, 0.1) is 6.54 Å². The number of furan rings is 1. The Hall–Kier alpha value is -1.61. The number of benzene rings is 1. The van der Waals surface area contributed by atoms with Gasteiger partial charge in [-0.2, -0.15) is 0 Å². The van der Waals surface area contributed by atoms with Crippen LogP contribution in [0, 0.1) is 0 Å². The molecule has 1 unspecified atom stereocenters. The van der Waals surface area contributed by atoms with Gasteiger partial charge in [-0.3, -0.25) is 9.69 Å². The maximum Gasteiger partial charge on any atom is 0.211 e. The molecule has 102 valence electrons. The minimum atomic E-state index is 0.0432. The topological polar surface area (TPSA) is 33.5 Å². The summed E-state index contributed by atoms with van der Waals surface area (Å²) in [6, 6.07) is 9.94. The first-order valence-electron chi connectivity index (χ1n) is 6.83. The van der Waals surface area contributed by atoms with Crippen LogP contribution in [0.3, 0.4) is 0 Å². The van der Waals surface area contributed by atoms with Crippen molar-refractivity contribution in [2.45, 2.75) is 32.7 Å². The summed E-state index contributed by atoms with van der Waals surface area (Å²) in [7, 11) is 1.99. The second kappa shape index (κ2) is 6.02. The molecule has 0 aliphatic carbocycles. The quantitative estimate of drug-likeness (QED) is 0.741. The highest BCUT2D eigenvalue weighted by Gasteiger charge is 2.17. The van der Waals surface area contributed by atoms with Gasteiger partial charge in [-0.1, -0.05) is 31.5 Å². The molecule has 0 N–H and O–H groups in total. The van der Waals surface area contributed by atoms with Crippen molar-refractivity contribution in [3.8, 4) is 0 Å². The molecule has 1 atom stereocenters. The number of ketones is 1. The molecule has 0 amide bonds. The van der Waals surface area contributed by atoms with Gasteiger partial charge in [-0.15, -0.1) is 0 Å². The predicted octanol–water partition coefficient (Wildman–Crippen LogP) is 3.74. The second-order valence-corrected chi connectivity index (χ2v) is 5.12. The van der Waals surface area contributed by atoms with E-state index in [0.29, 0.717) is 18.3 Å². The van der Waals surface area contributed by atoms with E-state index in [-0.39, 0.29) is 5.78 Å².